The van der Waals surface area contributed by atoms with Gasteiger partial charge in [-0.1, -0.05) is 15.9 Å². The standard InChI is InChI=1S/C12H14BrN3O2/c13-8-3-5-9(6-4-8)16-12(18)10(2-1-7-14)11(17)15-16/h3-6,18H,1-2,7,14H2,(H,15,17). The second-order valence-electron chi connectivity index (χ2n) is 3.95. The summed E-state index contributed by atoms with van der Waals surface area (Å²) in [6, 6.07) is 7.28. The molecule has 5 nitrogen and oxygen atoms in total. The van der Waals surface area contributed by atoms with Gasteiger partial charge in [0, 0.05) is 4.47 Å². The predicted octanol–water partition coefficient (Wildman–Crippen LogP) is 1.52. The Morgan fingerprint density at radius 1 is 1.33 bits per heavy atom. The van der Waals surface area contributed by atoms with Crippen LogP contribution in [0.5, 0.6) is 5.88 Å². The molecule has 0 saturated carbocycles. The first-order valence-electron chi connectivity index (χ1n) is 5.62. The third-order valence-corrected chi connectivity index (χ3v) is 3.21. The fourth-order valence-corrected chi connectivity index (χ4v) is 2.00. The second kappa shape index (κ2) is 5.41. The largest absolute Gasteiger partial charge is 0.493 e. The lowest BCUT2D eigenvalue weighted by Gasteiger charge is -2.04. The molecule has 0 spiro atoms. The van der Waals surface area contributed by atoms with Gasteiger partial charge < -0.3 is 10.8 Å². The number of H-pyrrole nitrogens is 1. The minimum absolute atomic E-state index is 0.0456. The maximum absolute atomic E-state index is 11.7. The number of nitrogens with two attached hydrogens (primary N) is 1. The Morgan fingerprint density at radius 3 is 2.61 bits per heavy atom. The quantitative estimate of drug-likeness (QED) is 0.800. The van der Waals surface area contributed by atoms with Crippen molar-refractivity contribution in [3.05, 3.63) is 44.7 Å². The molecule has 0 aliphatic rings. The normalized spacial score (nSPS) is 10.8. The average Bonchev–Trinajstić information content (AvgIpc) is 2.64. The Hall–Kier alpha value is -1.53. The molecule has 0 fully saturated rings. The molecule has 0 aliphatic heterocycles. The van der Waals surface area contributed by atoms with Crippen molar-refractivity contribution in [2.75, 3.05) is 6.54 Å². The minimum atomic E-state index is -0.274. The first-order valence-corrected chi connectivity index (χ1v) is 6.41. The van der Waals surface area contributed by atoms with Crippen molar-refractivity contribution in [2.24, 2.45) is 5.73 Å². The lowest BCUT2D eigenvalue weighted by molar-refractivity contribution is 0.427. The highest BCUT2D eigenvalue weighted by molar-refractivity contribution is 9.10. The van der Waals surface area contributed by atoms with Gasteiger partial charge >= 0.3 is 0 Å². The van der Waals surface area contributed by atoms with Gasteiger partial charge in [-0.05, 0) is 43.7 Å². The van der Waals surface area contributed by atoms with Gasteiger partial charge in [-0.3, -0.25) is 9.89 Å². The summed E-state index contributed by atoms with van der Waals surface area (Å²) in [5.41, 5.74) is 6.21. The predicted molar refractivity (Wildman–Crippen MR) is 73.1 cm³/mol. The number of nitrogens with one attached hydrogen (secondary N) is 1. The van der Waals surface area contributed by atoms with Gasteiger partial charge in [0.2, 0.25) is 5.88 Å². The van der Waals surface area contributed by atoms with Crippen molar-refractivity contribution < 1.29 is 5.11 Å². The van der Waals surface area contributed by atoms with E-state index in [-0.39, 0.29) is 11.4 Å². The first kappa shape index (κ1) is 12.9. The minimum Gasteiger partial charge on any atom is -0.493 e. The number of hydrogen-bond donors (Lipinski definition) is 3. The van der Waals surface area contributed by atoms with Gasteiger partial charge in [0.25, 0.3) is 5.56 Å². The molecule has 96 valence electrons. The number of aromatic nitrogens is 2. The summed E-state index contributed by atoms with van der Waals surface area (Å²) in [5, 5.41) is 12.7. The molecule has 2 aromatic rings. The number of benzene rings is 1. The third kappa shape index (κ3) is 2.49. The highest BCUT2D eigenvalue weighted by Crippen LogP contribution is 2.20. The number of halogens is 1. The summed E-state index contributed by atoms with van der Waals surface area (Å²) in [6.45, 7) is 0.488. The summed E-state index contributed by atoms with van der Waals surface area (Å²) in [7, 11) is 0. The molecule has 1 aromatic heterocycles. The van der Waals surface area contributed by atoms with Gasteiger partial charge in [0.1, 0.15) is 0 Å². The highest BCUT2D eigenvalue weighted by Gasteiger charge is 2.14. The van der Waals surface area contributed by atoms with Crippen LogP contribution < -0.4 is 11.3 Å². The Bertz CT molecular complexity index is 586. The Morgan fingerprint density at radius 2 is 2.00 bits per heavy atom. The van der Waals surface area contributed by atoms with Crippen molar-refractivity contribution in [3.8, 4) is 11.6 Å². The summed E-state index contributed by atoms with van der Waals surface area (Å²) in [4.78, 5) is 11.7. The monoisotopic (exact) mass is 311 g/mol. The molecule has 0 aliphatic carbocycles. The van der Waals surface area contributed by atoms with Crippen LogP contribution in [0, 0.1) is 0 Å². The number of aromatic hydroxyl groups is 1. The number of hydrogen-bond acceptors (Lipinski definition) is 3. The van der Waals surface area contributed by atoms with Crippen molar-refractivity contribution in [2.45, 2.75) is 12.8 Å². The van der Waals surface area contributed by atoms with Crippen molar-refractivity contribution in [3.63, 3.8) is 0 Å². The summed E-state index contributed by atoms with van der Waals surface area (Å²) >= 11 is 3.33. The van der Waals surface area contributed by atoms with Gasteiger partial charge in [0.15, 0.2) is 0 Å². The van der Waals surface area contributed by atoms with Crippen LogP contribution in [-0.2, 0) is 6.42 Å². The van der Waals surface area contributed by atoms with Crippen LogP contribution in [0.3, 0.4) is 0 Å². The highest BCUT2D eigenvalue weighted by atomic mass is 79.9. The molecule has 0 saturated heterocycles. The summed E-state index contributed by atoms with van der Waals surface area (Å²) < 4.78 is 2.31. The lowest BCUT2D eigenvalue weighted by Crippen LogP contribution is -2.09. The zero-order valence-electron chi connectivity index (χ0n) is 9.69. The molecular weight excluding hydrogens is 298 g/mol. The van der Waals surface area contributed by atoms with Crippen LogP contribution in [0.25, 0.3) is 5.69 Å². The van der Waals surface area contributed by atoms with Crippen LogP contribution in [0.4, 0.5) is 0 Å². The fraction of sp³-hybridized carbons (Fsp3) is 0.250. The van der Waals surface area contributed by atoms with Crippen molar-refractivity contribution in [1.82, 2.24) is 9.78 Å². The van der Waals surface area contributed by atoms with E-state index in [9.17, 15) is 9.90 Å². The van der Waals surface area contributed by atoms with E-state index in [2.05, 4.69) is 21.0 Å². The van der Waals surface area contributed by atoms with Crippen LogP contribution in [0.1, 0.15) is 12.0 Å². The van der Waals surface area contributed by atoms with Gasteiger partial charge in [0.05, 0.1) is 11.3 Å². The smallest absolute Gasteiger partial charge is 0.271 e. The van der Waals surface area contributed by atoms with Crippen LogP contribution in [-0.4, -0.2) is 21.4 Å². The van der Waals surface area contributed by atoms with E-state index >= 15 is 0 Å². The van der Waals surface area contributed by atoms with Crippen molar-refractivity contribution >= 4 is 15.9 Å². The fourth-order valence-electron chi connectivity index (χ4n) is 1.74. The van der Waals surface area contributed by atoms with E-state index < -0.39 is 0 Å². The third-order valence-electron chi connectivity index (χ3n) is 2.68. The van der Waals surface area contributed by atoms with Gasteiger partial charge in [-0.2, -0.15) is 0 Å². The molecule has 4 N–H and O–H groups in total. The number of aromatic amines is 1. The van der Waals surface area contributed by atoms with E-state index in [1.54, 1.807) is 12.1 Å². The summed E-state index contributed by atoms with van der Waals surface area (Å²) in [5.74, 6) is -0.0456. The molecule has 1 aromatic carbocycles. The Kier molecular flexibility index (Phi) is 3.88. The molecule has 1 heterocycles. The lowest BCUT2D eigenvalue weighted by atomic mass is 10.2. The van der Waals surface area contributed by atoms with Crippen LogP contribution >= 0.6 is 15.9 Å². The van der Waals surface area contributed by atoms with Crippen LogP contribution in [0.2, 0.25) is 0 Å². The van der Waals surface area contributed by atoms with Gasteiger partial charge in [-0.25, -0.2) is 4.68 Å². The zero-order chi connectivity index (χ0) is 13.1. The Labute approximate surface area is 112 Å². The molecule has 0 radical (unpaired) electrons. The molecule has 0 amide bonds. The molecule has 18 heavy (non-hydrogen) atoms. The number of nitrogens with zero attached hydrogens (tertiary/aromatic N) is 1. The zero-order valence-corrected chi connectivity index (χ0v) is 11.3. The maximum Gasteiger partial charge on any atom is 0.271 e. The molecule has 0 atom stereocenters. The molecular formula is C12H14BrN3O2. The molecule has 0 unspecified atom stereocenters. The topological polar surface area (TPSA) is 84.0 Å². The van der Waals surface area contributed by atoms with Crippen molar-refractivity contribution in [1.29, 1.82) is 0 Å². The summed E-state index contributed by atoms with van der Waals surface area (Å²) in [6.07, 6.45) is 1.14. The maximum atomic E-state index is 11.7. The van der Waals surface area contributed by atoms with E-state index in [4.69, 9.17) is 5.73 Å². The first-order chi connectivity index (χ1) is 8.63. The SMILES string of the molecule is NCCCc1c(O)n(-c2ccc(Br)cc2)[nH]c1=O. The average molecular weight is 312 g/mol. The van der Waals surface area contributed by atoms with Crippen LogP contribution in [0.15, 0.2) is 33.5 Å². The second-order valence-corrected chi connectivity index (χ2v) is 4.86. The molecule has 0 bridgehead atoms. The van der Waals surface area contributed by atoms with Gasteiger partial charge in [-0.15, -0.1) is 0 Å². The van der Waals surface area contributed by atoms with E-state index in [0.29, 0.717) is 30.6 Å². The van der Waals surface area contributed by atoms with E-state index in [0.717, 1.165) is 4.47 Å². The molecule has 6 heteroatoms. The van der Waals surface area contributed by atoms with E-state index in [1.165, 1.54) is 4.68 Å². The number of rotatable bonds is 4. The Balaban J connectivity index is 2.40. The van der Waals surface area contributed by atoms with E-state index in [1.807, 2.05) is 12.1 Å². The molecule has 2 rings (SSSR count).